The van der Waals surface area contributed by atoms with Crippen molar-refractivity contribution in [2.75, 3.05) is 18.8 Å². The molecule has 6 heteroatoms. The van der Waals surface area contributed by atoms with E-state index in [1.54, 1.807) is 0 Å². The number of rotatable bonds is 3. The first-order valence-electron chi connectivity index (χ1n) is 10.2. The molecule has 0 radical (unpaired) electrons. The summed E-state index contributed by atoms with van der Waals surface area (Å²) in [5, 5.41) is 3.68. The summed E-state index contributed by atoms with van der Waals surface area (Å²) in [5.41, 5.74) is 9.89. The molecule has 5 nitrogen and oxygen atoms in total. The fraction of sp³-hybridized carbons (Fsp3) is 0.250. The molecule has 0 aliphatic carbocycles. The van der Waals surface area contributed by atoms with Gasteiger partial charge in [0.2, 0.25) is 0 Å². The number of piperidine rings is 1. The predicted molar refractivity (Wildman–Crippen MR) is 122 cm³/mol. The highest BCUT2D eigenvalue weighted by Crippen LogP contribution is 2.42. The normalized spacial score (nSPS) is 16.1. The van der Waals surface area contributed by atoms with Crippen LogP contribution in [0.2, 0.25) is 0 Å². The minimum Gasteiger partial charge on any atom is -0.375 e. The van der Waals surface area contributed by atoms with E-state index < -0.39 is 0 Å². The first-order chi connectivity index (χ1) is 14.6. The number of fused-ring (bicyclic) bond motifs is 1. The van der Waals surface area contributed by atoms with Gasteiger partial charge in [0, 0.05) is 53.6 Å². The van der Waals surface area contributed by atoms with Crippen molar-refractivity contribution in [3.63, 3.8) is 0 Å². The van der Waals surface area contributed by atoms with Gasteiger partial charge in [-0.2, -0.15) is 0 Å². The Hall–Kier alpha value is -3.12. The molecule has 0 atom stereocenters. The van der Waals surface area contributed by atoms with E-state index in [2.05, 4.69) is 45.3 Å². The molecule has 2 aromatic carbocycles. The maximum Gasteiger partial charge on any atom is 0.254 e. The van der Waals surface area contributed by atoms with Crippen molar-refractivity contribution < 1.29 is 4.79 Å². The van der Waals surface area contributed by atoms with Crippen molar-refractivity contribution in [1.82, 2.24) is 14.5 Å². The maximum absolute atomic E-state index is 13.4. The summed E-state index contributed by atoms with van der Waals surface area (Å²) in [7, 11) is 2.01. The maximum atomic E-state index is 13.4. The third kappa shape index (κ3) is 2.99. The average molecular weight is 417 g/mol. The molecule has 5 rings (SSSR count). The Morgan fingerprint density at radius 1 is 1.07 bits per heavy atom. The second-order valence-corrected chi connectivity index (χ2v) is 8.87. The van der Waals surface area contributed by atoms with E-state index in [1.807, 2.05) is 42.4 Å². The molecule has 4 aromatic rings. The summed E-state index contributed by atoms with van der Waals surface area (Å²) in [4.78, 5) is 20.0. The van der Waals surface area contributed by atoms with Crippen LogP contribution in [0, 0.1) is 0 Å². The third-order valence-corrected chi connectivity index (χ3v) is 7.08. The molecule has 2 aromatic heterocycles. The Morgan fingerprint density at radius 3 is 2.53 bits per heavy atom. The molecular formula is C24H24N4OS. The van der Waals surface area contributed by atoms with E-state index in [0.717, 1.165) is 35.0 Å². The van der Waals surface area contributed by atoms with Crippen LogP contribution in [0.25, 0.3) is 10.9 Å². The minimum absolute atomic E-state index is 0.103. The molecule has 1 saturated heterocycles. The van der Waals surface area contributed by atoms with Gasteiger partial charge in [-0.25, -0.2) is 4.98 Å². The fourth-order valence-corrected chi connectivity index (χ4v) is 5.37. The minimum atomic E-state index is -0.203. The summed E-state index contributed by atoms with van der Waals surface area (Å²) < 4.78 is 2.05. The number of likely N-dealkylation sites (tertiary alicyclic amines) is 1. The van der Waals surface area contributed by atoms with Crippen molar-refractivity contribution in [3.05, 3.63) is 83.0 Å². The Bertz CT molecular complexity index is 1200. The van der Waals surface area contributed by atoms with Gasteiger partial charge in [-0.05, 0) is 36.6 Å². The van der Waals surface area contributed by atoms with E-state index in [-0.39, 0.29) is 11.3 Å². The Labute approximate surface area is 179 Å². The van der Waals surface area contributed by atoms with Gasteiger partial charge in [0.1, 0.15) is 0 Å². The summed E-state index contributed by atoms with van der Waals surface area (Å²) >= 11 is 1.48. The van der Waals surface area contributed by atoms with Crippen LogP contribution < -0.4 is 5.73 Å². The number of hydrogen-bond donors (Lipinski definition) is 1. The number of aryl methyl sites for hydroxylation is 1. The largest absolute Gasteiger partial charge is 0.375 e. The van der Waals surface area contributed by atoms with Crippen molar-refractivity contribution >= 4 is 33.3 Å². The van der Waals surface area contributed by atoms with Crippen LogP contribution in [0.3, 0.4) is 0 Å². The van der Waals surface area contributed by atoms with E-state index in [1.165, 1.54) is 16.9 Å². The molecule has 152 valence electrons. The zero-order valence-electron chi connectivity index (χ0n) is 16.9. The Balaban J connectivity index is 1.45. The molecule has 0 spiro atoms. The second-order valence-electron chi connectivity index (χ2n) is 7.98. The molecule has 0 unspecified atom stereocenters. The topological polar surface area (TPSA) is 64.2 Å². The van der Waals surface area contributed by atoms with Crippen molar-refractivity contribution in [2.45, 2.75) is 18.3 Å². The fourth-order valence-electron chi connectivity index (χ4n) is 4.71. The summed E-state index contributed by atoms with van der Waals surface area (Å²) in [6.45, 7) is 1.38. The standard InChI is InChI=1S/C24H24N4OS/c1-27-13-10-18-19(8-5-9-20(18)27)22(29)28-14-11-24(12-15-28,17-6-3-2-4-7-17)21-16-30-23(25)26-21/h2-10,13,16H,11-12,14-15H2,1H3,(H2,25,26). The number of nitrogens with two attached hydrogens (primary N) is 1. The lowest BCUT2D eigenvalue weighted by atomic mass is 9.70. The van der Waals surface area contributed by atoms with Crippen LogP contribution in [0.4, 0.5) is 5.13 Å². The van der Waals surface area contributed by atoms with Crippen LogP contribution in [0.5, 0.6) is 0 Å². The predicted octanol–water partition coefficient (Wildman–Crippen LogP) is 4.44. The molecule has 1 aliphatic rings. The van der Waals surface area contributed by atoms with Crippen LogP contribution in [-0.4, -0.2) is 33.4 Å². The Kier molecular flexibility index (Phi) is 4.59. The SMILES string of the molecule is Cn1ccc2c(C(=O)N3CCC(c4ccccc4)(c4csc(N)n4)CC3)cccc21. The molecule has 1 amide bonds. The third-order valence-electron chi connectivity index (χ3n) is 6.40. The van der Waals surface area contributed by atoms with Crippen molar-refractivity contribution in [2.24, 2.45) is 7.05 Å². The van der Waals surface area contributed by atoms with Gasteiger partial charge in [-0.1, -0.05) is 36.4 Å². The molecular weight excluding hydrogens is 392 g/mol. The number of aromatic nitrogens is 2. The van der Waals surface area contributed by atoms with Crippen molar-refractivity contribution in [1.29, 1.82) is 0 Å². The number of amides is 1. The summed E-state index contributed by atoms with van der Waals surface area (Å²) in [5.74, 6) is 0.103. The quantitative estimate of drug-likeness (QED) is 0.537. The van der Waals surface area contributed by atoms with Crippen LogP contribution in [-0.2, 0) is 12.5 Å². The van der Waals surface area contributed by atoms with Crippen LogP contribution in [0.15, 0.2) is 66.2 Å². The zero-order chi connectivity index (χ0) is 20.7. The highest BCUT2D eigenvalue weighted by atomic mass is 32.1. The number of carbonyl (C=O) groups is 1. The zero-order valence-corrected chi connectivity index (χ0v) is 17.7. The second kappa shape index (κ2) is 7.29. The molecule has 0 saturated carbocycles. The van der Waals surface area contributed by atoms with Crippen LogP contribution >= 0.6 is 11.3 Å². The number of benzene rings is 2. The first-order valence-corrected chi connectivity index (χ1v) is 11.1. The van der Waals surface area contributed by atoms with E-state index in [9.17, 15) is 4.79 Å². The number of thiazole rings is 1. The lowest BCUT2D eigenvalue weighted by Gasteiger charge is -2.41. The lowest BCUT2D eigenvalue weighted by Crippen LogP contribution is -2.46. The van der Waals surface area contributed by atoms with Crippen molar-refractivity contribution in [3.8, 4) is 0 Å². The van der Waals surface area contributed by atoms with E-state index >= 15 is 0 Å². The van der Waals surface area contributed by atoms with Gasteiger partial charge in [-0.3, -0.25) is 4.79 Å². The summed E-state index contributed by atoms with van der Waals surface area (Å²) in [6.07, 6.45) is 3.66. The molecule has 1 fully saturated rings. The molecule has 0 bridgehead atoms. The number of carbonyl (C=O) groups excluding carboxylic acids is 1. The molecule has 3 heterocycles. The molecule has 30 heavy (non-hydrogen) atoms. The number of nitrogen functional groups attached to an aromatic ring is 1. The van der Waals surface area contributed by atoms with Gasteiger partial charge in [0.05, 0.1) is 5.69 Å². The van der Waals surface area contributed by atoms with Gasteiger partial charge >= 0.3 is 0 Å². The first kappa shape index (κ1) is 18.9. The lowest BCUT2D eigenvalue weighted by molar-refractivity contribution is 0.0686. The van der Waals surface area contributed by atoms with E-state index in [4.69, 9.17) is 5.73 Å². The van der Waals surface area contributed by atoms with Gasteiger partial charge in [-0.15, -0.1) is 11.3 Å². The monoisotopic (exact) mass is 416 g/mol. The number of hydrogen-bond acceptors (Lipinski definition) is 4. The highest BCUT2D eigenvalue weighted by Gasteiger charge is 2.41. The van der Waals surface area contributed by atoms with Crippen LogP contribution in [0.1, 0.15) is 34.5 Å². The van der Waals surface area contributed by atoms with Gasteiger partial charge in [0.15, 0.2) is 5.13 Å². The van der Waals surface area contributed by atoms with Gasteiger partial charge < -0.3 is 15.2 Å². The molecule has 2 N–H and O–H groups in total. The smallest absolute Gasteiger partial charge is 0.254 e. The Morgan fingerprint density at radius 2 is 1.83 bits per heavy atom. The van der Waals surface area contributed by atoms with Gasteiger partial charge in [0.25, 0.3) is 5.91 Å². The number of anilines is 1. The number of nitrogens with zero attached hydrogens (tertiary/aromatic N) is 3. The van der Waals surface area contributed by atoms with E-state index in [0.29, 0.717) is 18.2 Å². The average Bonchev–Trinajstić information content (AvgIpc) is 3.40. The highest BCUT2D eigenvalue weighted by molar-refractivity contribution is 7.13. The molecule has 1 aliphatic heterocycles. The summed E-state index contributed by atoms with van der Waals surface area (Å²) in [6, 6.07) is 18.5.